The van der Waals surface area contributed by atoms with E-state index in [9.17, 15) is 5.11 Å². The molecule has 0 rings (SSSR count). The Labute approximate surface area is 101 Å². The minimum Gasteiger partial charge on any atom is -0.389 e. The summed E-state index contributed by atoms with van der Waals surface area (Å²) in [5, 5.41) is 13.5. The quantitative estimate of drug-likeness (QED) is 0.624. The molecule has 0 aliphatic carbocycles. The second kappa shape index (κ2) is 7.86. The van der Waals surface area contributed by atoms with Crippen molar-refractivity contribution in [1.29, 1.82) is 0 Å². The van der Waals surface area contributed by atoms with Gasteiger partial charge in [-0.25, -0.2) is 0 Å². The van der Waals surface area contributed by atoms with Gasteiger partial charge in [0.05, 0.1) is 5.60 Å². The van der Waals surface area contributed by atoms with Crippen molar-refractivity contribution in [2.75, 3.05) is 6.54 Å². The molecular weight excluding hydrogens is 198 g/mol. The van der Waals surface area contributed by atoms with E-state index in [-0.39, 0.29) is 0 Å². The molecular formula is C14H29NO. The maximum absolute atomic E-state index is 10.1. The topological polar surface area (TPSA) is 32.3 Å². The minimum absolute atomic E-state index is 0.472. The van der Waals surface area contributed by atoms with E-state index in [1.807, 2.05) is 13.8 Å². The van der Waals surface area contributed by atoms with Crippen LogP contribution in [0.3, 0.4) is 0 Å². The molecule has 2 heteroatoms. The van der Waals surface area contributed by atoms with E-state index >= 15 is 0 Å². The first kappa shape index (κ1) is 15.7. The van der Waals surface area contributed by atoms with Gasteiger partial charge in [0.25, 0.3) is 0 Å². The van der Waals surface area contributed by atoms with E-state index in [1.165, 1.54) is 5.57 Å². The Morgan fingerprint density at radius 2 is 1.88 bits per heavy atom. The number of aliphatic hydroxyl groups is 1. The van der Waals surface area contributed by atoms with Crippen LogP contribution in [0.15, 0.2) is 11.6 Å². The smallest absolute Gasteiger partial charge is 0.0766 e. The predicted octanol–water partition coefficient (Wildman–Crippen LogP) is 3.26. The van der Waals surface area contributed by atoms with Crippen molar-refractivity contribution in [3.8, 4) is 0 Å². The lowest BCUT2D eigenvalue weighted by molar-refractivity contribution is 0.0301. The van der Waals surface area contributed by atoms with Crippen LogP contribution in [-0.2, 0) is 0 Å². The molecule has 0 radical (unpaired) electrons. The molecule has 0 aromatic heterocycles. The van der Waals surface area contributed by atoms with Gasteiger partial charge in [-0.2, -0.15) is 0 Å². The van der Waals surface area contributed by atoms with Crippen LogP contribution in [0, 0.1) is 0 Å². The highest BCUT2D eigenvalue weighted by atomic mass is 16.3. The summed E-state index contributed by atoms with van der Waals surface area (Å²) in [5.41, 5.74) is 0.857. The molecule has 0 bridgehead atoms. The fraction of sp³-hybridized carbons (Fsp3) is 0.857. The fourth-order valence-electron chi connectivity index (χ4n) is 1.59. The van der Waals surface area contributed by atoms with E-state index in [0.717, 1.165) is 25.7 Å². The maximum Gasteiger partial charge on any atom is 0.0766 e. The van der Waals surface area contributed by atoms with Gasteiger partial charge in [-0.15, -0.1) is 0 Å². The van der Waals surface area contributed by atoms with Gasteiger partial charge in [-0.1, -0.05) is 25.5 Å². The Morgan fingerprint density at radius 3 is 2.31 bits per heavy atom. The first-order valence-corrected chi connectivity index (χ1v) is 6.52. The number of rotatable bonds is 8. The van der Waals surface area contributed by atoms with Crippen LogP contribution in [0.1, 0.15) is 60.3 Å². The van der Waals surface area contributed by atoms with Gasteiger partial charge < -0.3 is 10.4 Å². The third-order valence-electron chi connectivity index (χ3n) is 3.25. The molecule has 0 heterocycles. The summed E-state index contributed by atoms with van der Waals surface area (Å²) >= 11 is 0. The summed E-state index contributed by atoms with van der Waals surface area (Å²) in [4.78, 5) is 0. The normalized spacial score (nSPS) is 13.6. The lowest BCUT2D eigenvalue weighted by Gasteiger charge is -2.27. The maximum atomic E-state index is 10.1. The molecule has 0 saturated carbocycles. The fourth-order valence-corrected chi connectivity index (χ4v) is 1.59. The van der Waals surface area contributed by atoms with Crippen molar-refractivity contribution in [3.63, 3.8) is 0 Å². The molecule has 0 spiro atoms. The van der Waals surface area contributed by atoms with Gasteiger partial charge in [-0.3, -0.25) is 0 Å². The summed E-state index contributed by atoms with van der Waals surface area (Å²) < 4.78 is 0. The van der Waals surface area contributed by atoms with Crippen LogP contribution in [0.5, 0.6) is 0 Å². The molecule has 1 unspecified atom stereocenters. The number of allylic oxidation sites excluding steroid dienone is 2. The van der Waals surface area contributed by atoms with Gasteiger partial charge in [-0.05, 0) is 46.5 Å². The van der Waals surface area contributed by atoms with Crippen molar-refractivity contribution in [2.45, 2.75) is 71.9 Å². The molecule has 0 saturated heterocycles. The van der Waals surface area contributed by atoms with Crippen molar-refractivity contribution in [3.05, 3.63) is 11.6 Å². The average Bonchev–Trinajstić information content (AvgIpc) is 2.25. The molecule has 2 N–H and O–H groups in total. The monoisotopic (exact) mass is 227 g/mol. The highest BCUT2D eigenvalue weighted by Gasteiger charge is 2.21. The predicted molar refractivity (Wildman–Crippen MR) is 71.7 cm³/mol. The van der Waals surface area contributed by atoms with Crippen LogP contribution < -0.4 is 5.32 Å². The minimum atomic E-state index is -0.523. The Bertz CT molecular complexity index is 203. The Balaban J connectivity index is 3.80. The number of hydrogen-bond donors (Lipinski definition) is 2. The van der Waals surface area contributed by atoms with Gasteiger partial charge >= 0.3 is 0 Å². The van der Waals surface area contributed by atoms with Gasteiger partial charge in [0, 0.05) is 12.6 Å². The summed E-state index contributed by atoms with van der Waals surface area (Å²) in [6.45, 7) is 11.2. The van der Waals surface area contributed by atoms with Gasteiger partial charge in [0.15, 0.2) is 0 Å². The molecule has 0 aliphatic heterocycles. The lowest BCUT2D eigenvalue weighted by Crippen LogP contribution is -2.42. The van der Waals surface area contributed by atoms with E-state index in [4.69, 9.17) is 0 Å². The Morgan fingerprint density at radius 1 is 1.31 bits per heavy atom. The van der Waals surface area contributed by atoms with Crippen LogP contribution in [0.25, 0.3) is 0 Å². The Kier molecular flexibility index (Phi) is 7.69. The summed E-state index contributed by atoms with van der Waals surface area (Å²) in [6, 6.07) is 0.472. The zero-order valence-corrected chi connectivity index (χ0v) is 11.6. The van der Waals surface area contributed by atoms with Crippen molar-refractivity contribution in [2.24, 2.45) is 0 Å². The van der Waals surface area contributed by atoms with Crippen molar-refractivity contribution < 1.29 is 5.11 Å². The van der Waals surface area contributed by atoms with Crippen molar-refractivity contribution >= 4 is 0 Å². The van der Waals surface area contributed by atoms with E-state index < -0.39 is 5.60 Å². The third kappa shape index (κ3) is 7.02. The summed E-state index contributed by atoms with van der Waals surface area (Å²) in [5.74, 6) is 0. The molecule has 16 heavy (non-hydrogen) atoms. The highest BCUT2D eigenvalue weighted by molar-refractivity contribution is 4.93. The first-order valence-electron chi connectivity index (χ1n) is 6.52. The Hall–Kier alpha value is -0.340. The van der Waals surface area contributed by atoms with E-state index in [1.54, 1.807) is 0 Å². The van der Waals surface area contributed by atoms with E-state index in [2.05, 4.69) is 32.2 Å². The SMILES string of the molecule is CCC(O)(CC)CNC(C)CCC=C(C)C. The number of hydrogen-bond acceptors (Lipinski definition) is 2. The van der Waals surface area contributed by atoms with Crippen LogP contribution in [0.2, 0.25) is 0 Å². The third-order valence-corrected chi connectivity index (χ3v) is 3.25. The molecule has 96 valence electrons. The van der Waals surface area contributed by atoms with Crippen LogP contribution >= 0.6 is 0 Å². The molecule has 0 aliphatic rings. The molecule has 0 aromatic rings. The zero-order valence-electron chi connectivity index (χ0n) is 11.6. The molecule has 1 atom stereocenters. The van der Waals surface area contributed by atoms with Gasteiger partial charge in [0.1, 0.15) is 0 Å². The van der Waals surface area contributed by atoms with Crippen LogP contribution in [-0.4, -0.2) is 23.3 Å². The van der Waals surface area contributed by atoms with Gasteiger partial charge in [0.2, 0.25) is 0 Å². The van der Waals surface area contributed by atoms with Crippen LogP contribution in [0.4, 0.5) is 0 Å². The van der Waals surface area contributed by atoms with E-state index in [0.29, 0.717) is 12.6 Å². The standard InChI is InChI=1S/C14H29NO/c1-6-14(16,7-2)11-15-13(5)10-8-9-12(3)4/h9,13,15-16H,6-8,10-11H2,1-5H3. The first-order chi connectivity index (χ1) is 7.43. The molecule has 2 nitrogen and oxygen atoms in total. The summed E-state index contributed by atoms with van der Waals surface area (Å²) in [6.07, 6.45) is 6.15. The lowest BCUT2D eigenvalue weighted by atomic mass is 9.97. The number of nitrogens with one attached hydrogen (secondary N) is 1. The largest absolute Gasteiger partial charge is 0.389 e. The molecule has 0 aromatic carbocycles. The summed E-state index contributed by atoms with van der Waals surface area (Å²) in [7, 11) is 0. The second-order valence-corrected chi connectivity index (χ2v) is 5.07. The highest BCUT2D eigenvalue weighted by Crippen LogP contribution is 2.13. The zero-order chi connectivity index (χ0) is 12.6. The second-order valence-electron chi connectivity index (χ2n) is 5.07. The average molecular weight is 227 g/mol. The molecule has 0 fully saturated rings. The van der Waals surface area contributed by atoms with Crippen molar-refractivity contribution in [1.82, 2.24) is 5.32 Å². The molecule has 0 amide bonds.